The summed E-state index contributed by atoms with van der Waals surface area (Å²) in [5.74, 6) is -0.473. The van der Waals surface area contributed by atoms with Crippen LogP contribution in [-0.4, -0.2) is 57.6 Å². The maximum Gasteiger partial charge on any atom is 0.244 e. The number of rotatable bonds is 12. The number of nitrogens with zero attached hydrogens (tertiary/aromatic N) is 2. The molecule has 8 nitrogen and oxygen atoms in total. The SMILES string of the molecule is CCCNC(=O)[C@H](CC)N(Cc1c(Cl)cccc1Cl)C(=O)CN(c1cccc(OC)c1)S(C)(=O)=O. The molecule has 0 spiro atoms. The van der Waals surface area contributed by atoms with Gasteiger partial charge in [-0.05, 0) is 37.1 Å². The number of methoxy groups -OCH3 is 1. The summed E-state index contributed by atoms with van der Waals surface area (Å²) in [6.07, 6.45) is 2.05. The van der Waals surface area contributed by atoms with E-state index in [0.29, 0.717) is 34.3 Å². The summed E-state index contributed by atoms with van der Waals surface area (Å²) in [5.41, 5.74) is 0.734. The van der Waals surface area contributed by atoms with Gasteiger partial charge < -0.3 is 15.0 Å². The topological polar surface area (TPSA) is 96.0 Å². The van der Waals surface area contributed by atoms with Gasteiger partial charge in [-0.3, -0.25) is 13.9 Å². The lowest BCUT2D eigenvalue weighted by atomic mass is 10.1. The monoisotopic (exact) mass is 543 g/mol. The number of sulfonamides is 1. The van der Waals surface area contributed by atoms with Gasteiger partial charge in [0.1, 0.15) is 18.3 Å². The van der Waals surface area contributed by atoms with Crippen LogP contribution in [0.3, 0.4) is 0 Å². The summed E-state index contributed by atoms with van der Waals surface area (Å²) in [7, 11) is -2.39. The first-order chi connectivity index (χ1) is 16.5. The van der Waals surface area contributed by atoms with E-state index in [-0.39, 0.29) is 18.1 Å². The van der Waals surface area contributed by atoms with E-state index >= 15 is 0 Å². The number of nitrogens with one attached hydrogen (secondary N) is 1. The molecule has 0 aliphatic rings. The molecule has 0 aliphatic heterocycles. The molecule has 2 amide bonds. The van der Waals surface area contributed by atoms with E-state index in [4.69, 9.17) is 27.9 Å². The van der Waals surface area contributed by atoms with Gasteiger partial charge in [-0.1, -0.05) is 49.2 Å². The van der Waals surface area contributed by atoms with E-state index in [0.717, 1.165) is 17.0 Å². The molecule has 2 aromatic rings. The molecule has 0 fully saturated rings. The largest absolute Gasteiger partial charge is 0.497 e. The van der Waals surface area contributed by atoms with Crippen LogP contribution in [0.25, 0.3) is 0 Å². The Morgan fingerprint density at radius 3 is 2.26 bits per heavy atom. The Labute approximate surface area is 217 Å². The van der Waals surface area contributed by atoms with Gasteiger partial charge >= 0.3 is 0 Å². The van der Waals surface area contributed by atoms with E-state index in [1.165, 1.54) is 18.1 Å². The molecule has 0 aromatic heterocycles. The lowest BCUT2D eigenvalue weighted by Gasteiger charge is -2.33. The van der Waals surface area contributed by atoms with Crippen LogP contribution in [0, 0.1) is 0 Å². The van der Waals surface area contributed by atoms with Crippen molar-refractivity contribution in [2.45, 2.75) is 39.3 Å². The first-order valence-electron chi connectivity index (χ1n) is 11.1. The Morgan fingerprint density at radius 1 is 1.09 bits per heavy atom. The van der Waals surface area contributed by atoms with Gasteiger partial charge in [0.2, 0.25) is 21.8 Å². The van der Waals surface area contributed by atoms with E-state index < -0.39 is 28.5 Å². The van der Waals surface area contributed by atoms with Crippen LogP contribution < -0.4 is 14.4 Å². The van der Waals surface area contributed by atoms with Crippen molar-refractivity contribution >= 4 is 50.7 Å². The van der Waals surface area contributed by atoms with E-state index in [1.54, 1.807) is 43.3 Å². The Balaban J connectivity index is 2.49. The minimum atomic E-state index is -3.85. The standard InChI is InChI=1S/C24H31Cl2N3O5S/c1-5-13-27-24(31)22(6-2)28(15-19-20(25)11-8-12-21(19)26)23(30)16-29(35(4,32)33)17-9-7-10-18(14-17)34-3/h7-12,14,22H,5-6,13,15-16H2,1-4H3,(H,27,31)/t22-/m0/s1. The first kappa shape index (κ1) is 28.7. The molecule has 1 N–H and O–H groups in total. The molecule has 11 heteroatoms. The number of carbonyl (C=O) groups is 2. The highest BCUT2D eigenvalue weighted by Gasteiger charge is 2.32. The fourth-order valence-corrected chi connectivity index (χ4v) is 4.88. The first-order valence-corrected chi connectivity index (χ1v) is 13.8. The number of ether oxygens (including phenoxy) is 1. The molecule has 35 heavy (non-hydrogen) atoms. The molecule has 192 valence electrons. The Kier molecular flexibility index (Phi) is 10.7. The zero-order valence-corrected chi connectivity index (χ0v) is 22.6. The third kappa shape index (κ3) is 7.75. The predicted octanol–water partition coefficient (Wildman–Crippen LogP) is 4.10. The van der Waals surface area contributed by atoms with Crippen molar-refractivity contribution in [3.05, 3.63) is 58.1 Å². The summed E-state index contributed by atoms with van der Waals surface area (Å²) in [6.45, 7) is 3.56. The fraction of sp³-hybridized carbons (Fsp3) is 0.417. The predicted molar refractivity (Wildman–Crippen MR) is 140 cm³/mol. The molecule has 0 saturated heterocycles. The summed E-state index contributed by atoms with van der Waals surface area (Å²) in [4.78, 5) is 27.9. The van der Waals surface area contributed by atoms with Crippen LogP contribution in [0.4, 0.5) is 5.69 Å². The van der Waals surface area contributed by atoms with Crippen LogP contribution in [0.2, 0.25) is 10.0 Å². The van der Waals surface area contributed by atoms with Crippen molar-refractivity contribution in [3.8, 4) is 5.75 Å². The maximum absolute atomic E-state index is 13.7. The van der Waals surface area contributed by atoms with Gasteiger partial charge in [-0.15, -0.1) is 0 Å². The number of halogens is 2. The van der Waals surface area contributed by atoms with Crippen molar-refractivity contribution < 1.29 is 22.7 Å². The van der Waals surface area contributed by atoms with Crippen LogP contribution in [0.15, 0.2) is 42.5 Å². The number of benzene rings is 2. The zero-order valence-electron chi connectivity index (χ0n) is 20.3. The minimum Gasteiger partial charge on any atom is -0.497 e. The van der Waals surface area contributed by atoms with E-state index in [1.807, 2.05) is 6.92 Å². The average Bonchev–Trinajstić information content (AvgIpc) is 2.81. The van der Waals surface area contributed by atoms with Crippen molar-refractivity contribution in [1.29, 1.82) is 0 Å². The van der Waals surface area contributed by atoms with Gasteiger partial charge in [0.25, 0.3) is 0 Å². The van der Waals surface area contributed by atoms with Crippen molar-refractivity contribution in [3.63, 3.8) is 0 Å². The normalized spacial score (nSPS) is 12.1. The molecule has 0 aliphatic carbocycles. The lowest BCUT2D eigenvalue weighted by Crippen LogP contribution is -2.52. The molecule has 1 atom stereocenters. The molecule has 0 heterocycles. The third-order valence-electron chi connectivity index (χ3n) is 5.35. The summed E-state index contributed by atoms with van der Waals surface area (Å²) in [5, 5.41) is 3.50. The summed E-state index contributed by atoms with van der Waals surface area (Å²) < 4.78 is 31.5. The van der Waals surface area contributed by atoms with Crippen LogP contribution in [0.1, 0.15) is 32.3 Å². The molecule has 0 unspecified atom stereocenters. The number of carbonyl (C=O) groups excluding carboxylic acids is 2. The fourth-order valence-electron chi connectivity index (χ4n) is 3.52. The number of amides is 2. The quantitative estimate of drug-likeness (QED) is 0.434. The van der Waals surface area contributed by atoms with Crippen molar-refractivity contribution in [2.24, 2.45) is 0 Å². The zero-order chi connectivity index (χ0) is 26.2. The van der Waals surface area contributed by atoms with Crippen LogP contribution >= 0.6 is 23.2 Å². The minimum absolute atomic E-state index is 0.0644. The summed E-state index contributed by atoms with van der Waals surface area (Å²) in [6, 6.07) is 10.5. The molecule has 0 saturated carbocycles. The summed E-state index contributed by atoms with van der Waals surface area (Å²) >= 11 is 12.7. The van der Waals surface area contributed by atoms with Gasteiger partial charge in [0.05, 0.1) is 19.1 Å². The number of anilines is 1. The third-order valence-corrected chi connectivity index (χ3v) is 7.19. The smallest absolute Gasteiger partial charge is 0.244 e. The Bertz CT molecular complexity index is 1120. The molecular formula is C24H31Cl2N3O5S. The molecule has 0 bridgehead atoms. The Hall–Kier alpha value is -2.49. The highest BCUT2D eigenvalue weighted by atomic mass is 35.5. The van der Waals surface area contributed by atoms with Crippen LogP contribution in [-0.2, 0) is 26.2 Å². The second kappa shape index (κ2) is 13.0. The lowest BCUT2D eigenvalue weighted by molar-refractivity contribution is -0.140. The second-order valence-electron chi connectivity index (χ2n) is 7.91. The van der Waals surface area contributed by atoms with Gasteiger partial charge in [-0.25, -0.2) is 8.42 Å². The second-order valence-corrected chi connectivity index (χ2v) is 10.6. The van der Waals surface area contributed by atoms with Gasteiger partial charge in [0.15, 0.2) is 0 Å². The maximum atomic E-state index is 13.7. The number of hydrogen-bond acceptors (Lipinski definition) is 5. The average molecular weight is 545 g/mol. The van der Waals surface area contributed by atoms with Crippen molar-refractivity contribution in [1.82, 2.24) is 10.2 Å². The van der Waals surface area contributed by atoms with Gasteiger partial charge in [0, 0.05) is 34.8 Å². The molecule has 2 rings (SSSR count). The number of hydrogen-bond donors (Lipinski definition) is 1. The van der Waals surface area contributed by atoms with Gasteiger partial charge in [-0.2, -0.15) is 0 Å². The van der Waals surface area contributed by atoms with E-state index in [9.17, 15) is 18.0 Å². The van der Waals surface area contributed by atoms with Crippen LogP contribution in [0.5, 0.6) is 5.75 Å². The molecule has 2 aromatic carbocycles. The molecular weight excluding hydrogens is 513 g/mol. The van der Waals surface area contributed by atoms with E-state index in [2.05, 4.69) is 5.32 Å². The highest BCUT2D eigenvalue weighted by molar-refractivity contribution is 7.92. The Morgan fingerprint density at radius 2 is 1.71 bits per heavy atom. The van der Waals surface area contributed by atoms with Crippen molar-refractivity contribution in [2.75, 3.05) is 30.8 Å². The highest BCUT2D eigenvalue weighted by Crippen LogP contribution is 2.28. The molecule has 0 radical (unpaired) electrons.